The predicted octanol–water partition coefficient (Wildman–Crippen LogP) is 5.62. The fourth-order valence-electron chi connectivity index (χ4n) is 3.94. The molecule has 1 N–H and O–H groups in total. The average molecular weight is 459 g/mol. The highest BCUT2D eigenvalue weighted by atomic mass is 32.1. The first kappa shape index (κ1) is 21.7. The van der Waals surface area contributed by atoms with Crippen LogP contribution in [0.4, 0.5) is 9.80 Å². The number of pyridine rings is 1. The quantitative estimate of drug-likeness (QED) is 0.539. The van der Waals surface area contributed by atoms with E-state index in [1.165, 1.54) is 18.3 Å². The number of aromatic nitrogens is 2. The Morgan fingerprint density at radius 2 is 2.00 bits per heavy atom. The Morgan fingerprint density at radius 3 is 2.65 bits per heavy atom. The number of anilines is 1. The number of hydrogen-bond acceptors (Lipinski definition) is 7. The Kier molecular flexibility index (Phi) is 5.51. The van der Waals surface area contributed by atoms with Crippen LogP contribution in [0.3, 0.4) is 0 Å². The van der Waals surface area contributed by atoms with Gasteiger partial charge in [0.25, 0.3) is 0 Å². The van der Waals surface area contributed by atoms with E-state index in [0.717, 1.165) is 36.2 Å². The Bertz CT molecular complexity index is 1130. The highest BCUT2D eigenvalue weighted by Crippen LogP contribution is 2.49. The number of nitrogens with zero attached hydrogens (tertiary/aromatic N) is 3. The standard InChI is InChI=1S/C22H26N4O3S2/c1-11-9-14-17(20-25-15-10-23-8-7-16(15)30-20)19(24-13(3)27)31-18(14)12(2)26(11)21(28)29-22(4,5)6/h7-8,10-12H,9H2,1-6H3,(H,24,27)/t11-,12-/m0/s1. The van der Waals surface area contributed by atoms with Gasteiger partial charge in [-0.25, -0.2) is 9.78 Å². The van der Waals surface area contributed by atoms with E-state index >= 15 is 0 Å². The third-order valence-corrected chi connectivity index (χ3v) is 7.48. The van der Waals surface area contributed by atoms with Crippen LogP contribution in [-0.4, -0.2) is 38.5 Å². The zero-order valence-electron chi connectivity index (χ0n) is 18.5. The van der Waals surface area contributed by atoms with E-state index < -0.39 is 5.60 Å². The molecule has 0 aromatic carbocycles. The maximum Gasteiger partial charge on any atom is 0.411 e. The second kappa shape index (κ2) is 7.87. The Hall–Kier alpha value is -2.52. The fourth-order valence-corrected chi connectivity index (χ4v) is 6.34. The molecule has 3 aromatic heterocycles. The lowest BCUT2D eigenvalue weighted by Crippen LogP contribution is -2.46. The summed E-state index contributed by atoms with van der Waals surface area (Å²) >= 11 is 3.10. The Morgan fingerprint density at radius 1 is 1.26 bits per heavy atom. The van der Waals surface area contributed by atoms with Gasteiger partial charge in [-0.15, -0.1) is 22.7 Å². The molecule has 0 unspecified atom stereocenters. The van der Waals surface area contributed by atoms with E-state index in [-0.39, 0.29) is 24.1 Å². The average Bonchev–Trinajstić information content (AvgIpc) is 3.20. The minimum atomic E-state index is -0.562. The van der Waals surface area contributed by atoms with Gasteiger partial charge in [0.05, 0.1) is 16.9 Å². The van der Waals surface area contributed by atoms with Gasteiger partial charge in [-0.05, 0) is 52.7 Å². The molecule has 0 radical (unpaired) electrons. The van der Waals surface area contributed by atoms with Crippen molar-refractivity contribution in [1.29, 1.82) is 0 Å². The number of carbonyl (C=O) groups excluding carboxylic acids is 2. The van der Waals surface area contributed by atoms with Gasteiger partial charge in [-0.3, -0.25) is 14.7 Å². The summed E-state index contributed by atoms with van der Waals surface area (Å²) < 4.78 is 6.71. The van der Waals surface area contributed by atoms with Crippen LogP contribution < -0.4 is 5.32 Å². The van der Waals surface area contributed by atoms with Crippen molar-refractivity contribution in [3.63, 3.8) is 0 Å². The number of fused-ring (bicyclic) bond motifs is 2. The smallest absolute Gasteiger partial charge is 0.411 e. The Balaban J connectivity index is 1.81. The van der Waals surface area contributed by atoms with Crippen LogP contribution in [-0.2, 0) is 16.0 Å². The van der Waals surface area contributed by atoms with Gasteiger partial charge in [-0.1, -0.05) is 0 Å². The fraction of sp³-hybridized carbons (Fsp3) is 0.455. The van der Waals surface area contributed by atoms with Gasteiger partial charge in [0.2, 0.25) is 5.91 Å². The third-order valence-electron chi connectivity index (χ3n) is 5.11. The molecule has 1 aliphatic rings. The molecule has 0 spiro atoms. The number of nitrogens with one attached hydrogen (secondary N) is 1. The van der Waals surface area contributed by atoms with Crippen LogP contribution in [0.25, 0.3) is 20.8 Å². The lowest BCUT2D eigenvalue weighted by molar-refractivity contribution is -0.114. The lowest BCUT2D eigenvalue weighted by atomic mass is 9.93. The molecule has 0 fully saturated rings. The summed E-state index contributed by atoms with van der Waals surface area (Å²) in [4.78, 5) is 36.7. The van der Waals surface area contributed by atoms with Crippen LogP contribution in [0, 0.1) is 0 Å². The van der Waals surface area contributed by atoms with Gasteiger partial charge in [0.15, 0.2) is 0 Å². The monoisotopic (exact) mass is 458 g/mol. The van der Waals surface area contributed by atoms with Gasteiger partial charge >= 0.3 is 6.09 Å². The number of ether oxygens (including phenoxy) is 1. The largest absolute Gasteiger partial charge is 0.444 e. The van der Waals surface area contributed by atoms with Crippen molar-refractivity contribution in [2.45, 2.75) is 65.6 Å². The maximum absolute atomic E-state index is 12.9. The molecule has 2 atom stereocenters. The second-order valence-electron chi connectivity index (χ2n) is 8.81. The van der Waals surface area contributed by atoms with Gasteiger partial charge in [0, 0.05) is 29.6 Å². The summed E-state index contributed by atoms with van der Waals surface area (Å²) in [5, 5.41) is 4.62. The molecular weight excluding hydrogens is 432 g/mol. The van der Waals surface area contributed by atoms with Crippen molar-refractivity contribution < 1.29 is 14.3 Å². The molecule has 4 rings (SSSR count). The molecule has 0 saturated heterocycles. The molecule has 164 valence electrons. The third kappa shape index (κ3) is 4.16. The SMILES string of the molecule is CC(=O)Nc1sc2c(c1-c1nc3cnccc3s1)C[C@H](C)N(C(=O)OC(C)(C)C)[C@H]2C. The number of rotatable bonds is 2. The van der Waals surface area contributed by atoms with Crippen LogP contribution in [0.15, 0.2) is 18.5 Å². The topological polar surface area (TPSA) is 84.4 Å². The Labute approximate surface area is 189 Å². The highest BCUT2D eigenvalue weighted by Gasteiger charge is 2.39. The number of thiazole rings is 1. The molecule has 0 saturated carbocycles. The molecule has 0 bridgehead atoms. The van der Waals surface area contributed by atoms with Crippen molar-refractivity contribution in [3.8, 4) is 10.6 Å². The van der Waals surface area contributed by atoms with E-state index in [2.05, 4.69) is 10.3 Å². The highest BCUT2D eigenvalue weighted by molar-refractivity contribution is 7.23. The van der Waals surface area contributed by atoms with Crippen LogP contribution >= 0.6 is 22.7 Å². The van der Waals surface area contributed by atoms with E-state index in [1.807, 2.05) is 40.7 Å². The second-order valence-corrected chi connectivity index (χ2v) is 10.9. The van der Waals surface area contributed by atoms with Crippen LogP contribution in [0.1, 0.15) is 58.0 Å². The molecule has 9 heteroatoms. The molecule has 0 aliphatic carbocycles. The zero-order chi connectivity index (χ0) is 22.5. The van der Waals surface area contributed by atoms with E-state index in [0.29, 0.717) is 6.42 Å². The molecule has 31 heavy (non-hydrogen) atoms. The first-order chi connectivity index (χ1) is 14.5. The van der Waals surface area contributed by atoms with E-state index in [1.54, 1.807) is 28.6 Å². The normalized spacial score (nSPS) is 18.7. The van der Waals surface area contributed by atoms with Crippen molar-refractivity contribution in [2.24, 2.45) is 0 Å². The van der Waals surface area contributed by atoms with Gasteiger partial charge in [0.1, 0.15) is 21.1 Å². The summed E-state index contributed by atoms with van der Waals surface area (Å²) in [6.45, 7) is 11.2. The number of amides is 2. The molecule has 3 aromatic rings. The molecular formula is C22H26N4O3S2. The summed E-state index contributed by atoms with van der Waals surface area (Å²) in [6.07, 6.45) is 3.85. The minimum absolute atomic E-state index is 0.0491. The van der Waals surface area contributed by atoms with Crippen molar-refractivity contribution in [1.82, 2.24) is 14.9 Å². The van der Waals surface area contributed by atoms with Crippen LogP contribution in [0.5, 0.6) is 0 Å². The van der Waals surface area contributed by atoms with Crippen molar-refractivity contribution in [3.05, 3.63) is 28.9 Å². The summed E-state index contributed by atoms with van der Waals surface area (Å²) in [5.41, 5.74) is 2.37. The molecule has 2 amide bonds. The van der Waals surface area contributed by atoms with E-state index in [4.69, 9.17) is 9.72 Å². The van der Waals surface area contributed by atoms with E-state index in [9.17, 15) is 9.59 Å². The van der Waals surface area contributed by atoms with Gasteiger partial charge in [-0.2, -0.15) is 0 Å². The molecule has 7 nitrogen and oxygen atoms in total. The minimum Gasteiger partial charge on any atom is -0.444 e. The predicted molar refractivity (Wildman–Crippen MR) is 125 cm³/mol. The number of hydrogen-bond donors (Lipinski definition) is 1. The van der Waals surface area contributed by atoms with Crippen LogP contribution in [0.2, 0.25) is 0 Å². The van der Waals surface area contributed by atoms with Crippen molar-refractivity contribution >= 4 is 49.9 Å². The first-order valence-electron chi connectivity index (χ1n) is 10.2. The maximum atomic E-state index is 12.9. The first-order valence-corrected chi connectivity index (χ1v) is 11.8. The molecule has 1 aliphatic heterocycles. The van der Waals surface area contributed by atoms with Gasteiger partial charge < -0.3 is 10.1 Å². The zero-order valence-corrected chi connectivity index (χ0v) is 20.1. The summed E-state index contributed by atoms with van der Waals surface area (Å²) in [5.74, 6) is -0.132. The lowest BCUT2D eigenvalue weighted by Gasteiger charge is -2.39. The summed E-state index contributed by atoms with van der Waals surface area (Å²) in [7, 11) is 0. The molecule has 4 heterocycles. The van der Waals surface area contributed by atoms with Crippen molar-refractivity contribution in [2.75, 3.05) is 5.32 Å². The number of thiophene rings is 1. The number of carbonyl (C=O) groups is 2. The summed E-state index contributed by atoms with van der Waals surface area (Å²) in [6, 6.07) is 1.73.